The van der Waals surface area contributed by atoms with Crippen LogP contribution in [0.2, 0.25) is 5.02 Å². The highest BCUT2D eigenvalue weighted by atomic mass is 35.5. The maximum Gasteiger partial charge on any atom is 0.343 e. The topological polar surface area (TPSA) is 58.9 Å². The van der Waals surface area contributed by atoms with E-state index in [2.05, 4.69) is 4.99 Å². The van der Waals surface area contributed by atoms with Crippen LogP contribution < -0.4 is 0 Å². The third-order valence-corrected chi connectivity index (χ3v) is 3.25. The smallest absolute Gasteiger partial charge is 0.343 e. The summed E-state index contributed by atoms with van der Waals surface area (Å²) in [5.41, 5.74) is 0.664. The molecule has 0 saturated carbocycles. The van der Waals surface area contributed by atoms with Crippen molar-refractivity contribution in [3.63, 3.8) is 0 Å². The number of carbonyl (C=O) groups is 1. The van der Waals surface area contributed by atoms with Gasteiger partial charge in [-0.25, -0.2) is 9.18 Å². The molecule has 2 rings (SSSR count). The van der Waals surface area contributed by atoms with E-state index in [1.165, 1.54) is 36.5 Å². The largest absolute Gasteiger partial charge is 0.506 e. The summed E-state index contributed by atoms with van der Waals surface area (Å²) >= 11 is 5.90. The van der Waals surface area contributed by atoms with Crippen molar-refractivity contribution < 1.29 is 19.0 Å². The minimum absolute atomic E-state index is 0.122. The number of aliphatic imine (C=N–C) groups is 1. The Hall–Kier alpha value is -2.66. The lowest BCUT2D eigenvalue weighted by atomic mass is 10.1. The molecule has 0 aliphatic rings. The Labute approximate surface area is 143 Å². The first kappa shape index (κ1) is 17.7. The van der Waals surface area contributed by atoms with Gasteiger partial charge < -0.3 is 9.84 Å². The molecule has 6 heteroatoms. The number of ether oxygens (including phenoxy) is 1. The van der Waals surface area contributed by atoms with E-state index in [1.54, 1.807) is 25.1 Å². The van der Waals surface area contributed by atoms with Crippen LogP contribution in [0.5, 0.6) is 0 Å². The number of benzene rings is 2. The van der Waals surface area contributed by atoms with Crippen LogP contribution >= 0.6 is 11.6 Å². The lowest BCUT2D eigenvalue weighted by Gasteiger charge is -2.07. The van der Waals surface area contributed by atoms with Crippen molar-refractivity contribution in [1.82, 2.24) is 0 Å². The second-order valence-corrected chi connectivity index (χ2v) is 5.16. The van der Waals surface area contributed by atoms with Crippen LogP contribution in [0.4, 0.5) is 10.1 Å². The lowest BCUT2D eigenvalue weighted by Crippen LogP contribution is -2.11. The molecule has 4 nitrogen and oxygen atoms in total. The first-order valence-electron chi connectivity index (χ1n) is 7.17. The third-order valence-electron chi connectivity index (χ3n) is 3.02. The molecule has 1 N–H and O–H groups in total. The minimum Gasteiger partial charge on any atom is -0.506 e. The molecule has 0 radical (unpaired) electrons. The standard InChI is InChI=1S/C18H15ClFNO3/c1-2-24-18(23)16(11-21-15-8-6-14(20)7-9-15)17(22)12-4-3-5-13(19)10-12/h3-11,22H,2H2,1H3/b17-16-,21-11?. The number of carbonyl (C=O) groups excluding carboxylic acids is 1. The van der Waals surface area contributed by atoms with E-state index < -0.39 is 11.8 Å². The fraction of sp³-hybridized carbons (Fsp3) is 0.111. The highest BCUT2D eigenvalue weighted by Gasteiger charge is 2.16. The van der Waals surface area contributed by atoms with Crippen LogP contribution in [0.3, 0.4) is 0 Å². The van der Waals surface area contributed by atoms with Gasteiger partial charge in [-0.3, -0.25) is 4.99 Å². The molecule has 0 fully saturated rings. The molecule has 2 aromatic rings. The fourth-order valence-electron chi connectivity index (χ4n) is 1.88. The predicted molar refractivity (Wildman–Crippen MR) is 92.2 cm³/mol. The van der Waals surface area contributed by atoms with E-state index >= 15 is 0 Å². The van der Waals surface area contributed by atoms with Gasteiger partial charge in [0.2, 0.25) is 0 Å². The summed E-state index contributed by atoms with van der Waals surface area (Å²) in [6, 6.07) is 11.8. The number of aliphatic hydroxyl groups excluding tert-OH is 1. The highest BCUT2D eigenvalue weighted by Crippen LogP contribution is 2.21. The molecule has 24 heavy (non-hydrogen) atoms. The van der Waals surface area contributed by atoms with Crippen LogP contribution in [0.1, 0.15) is 12.5 Å². The van der Waals surface area contributed by atoms with Crippen molar-refractivity contribution in [3.8, 4) is 0 Å². The van der Waals surface area contributed by atoms with Gasteiger partial charge in [-0.1, -0.05) is 23.7 Å². The first-order valence-corrected chi connectivity index (χ1v) is 7.55. The summed E-state index contributed by atoms with van der Waals surface area (Å²) in [5, 5.41) is 10.8. The predicted octanol–water partition coefficient (Wildman–Crippen LogP) is 4.71. The third kappa shape index (κ3) is 4.67. The molecule has 0 unspecified atom stereocenters. The molecule has 0 saturated heterocycles. The normalized spacial score (nSPS) is 12.1. The SMILES string of the molecule is CCOC(=O)/C(C=Nc1ccc(F)cc1)=C(\O)c1cccc(Cl)c1. The number of hydrogen-bond acceptors (Lipinski definition) is 4. The molecule has 2 aromatic carbocycles. The Balaban J connectivity index is 2.42. The summed E-state index contributed by atoms with van der Waals surface area (Å²) in [6.07, 6.45) is 1.18. The monoisotopic (exact) mass is 347 g/mol. The van der Waals surface area contributed by atoms with E-state index in [9.17, 15) is 14.3 Å². The molecule has 0 amide bonds. The Morgan fingerprint density at radius 2 is 2.00 bits per heavy atom. The van der Waals surface area contributed by atoms with E-state index in [1.807, 2.05) is 0 Å². The Morgan fingerprint density at radius 1 is 1.29 bits per heavy atom. The van der Waals surface area contributed by atoms with Crippen molar-refractivity contribution in [2.45, 2.75) is 6.92 Å². The lowest BCUT2D eigenvalue weighted by molar-refractivity contribution is -0.137. The van der Waals surface area contributed by atoms with E-state index in [-0.39, 0.29) is 17.9 Å². The summed E-state index contributed by atoms with van der Waals surface area (Å²) in [7, 11) is 0. The summed E-state index contributed by atoms with van der Waals surface area (Å²) in [4.78, 5) is 16.2. The van der Waals surface area contributed by atoms with Gasteiger partial charge in [-0.15, -0.1) is 0 Å². The van der Waals surface area contributed by atoms with Gasteiger partial charge in [0.15, 0.2) is 0 Å². The average Bonchev–Trinajstić information content (AvgIpc) is 2.57. The van der Waals surface area contributed by atoms with E-state index in [0.717, 1.165) is 0 Å². The molecule has 0 aromatic heterocycles. The second-order valence-electron chi connectivity index (χ2n) is 4.73. The molecule has 0 atom stereocenters. The van der Waals surface area contributed by atoms with Crippen molar-refractivity contribution in [1.29, 1.82) is 0 Å². The quantitative estimate of drug-likeness (QED) is 0.368. The van der Waals surface area contributed by atoms with E-state index in [4.69, 9.17) is 16.3 Å². The molecule has 0 aliphatic heterocycles. The summed E-state index contributed by atoms with van der Waals surface area (Å²) < 4.78 is 17.9. The van der Waals surface area contributed by atoms with Gasteiger partial charge in [-0.2, -0.15) is 0 Å². The van der Waals surface area contributed by atoms with E-state index in [0.29, 0.717) is 16.3 Å². The fourth-order valence-corrected chi connectivity index (χ4v) is 2.07. The number of rotatable bonds is 5. The number of hydrogen-bond donors (Lipinski definition) is 1. The summed E-state index contributed by atoms with van der Waals surface area (Å²) in [5.74, 6) is -1.42. The molecular formula is C18H15ClFNO3. The van der Waals surface area contributed by atoms with Gasteiger partial charge in [0.25, 0.3) is 0 Å². The van der Waals surface area contributed by atoms with Crippen LogP contribution in [0.25, 0.3) is 5.76 Å². The van der Waals surface area contributed by atoms with Crippen molar-refractivity contribution in [2.75, 3.05) is 6.61 Å². The van der Waals surface area contributed by atoms with Gasteiger partial charge >= 0.3 is 5.97 Å². The molecule has 124 valence electrons. The van der Waals surface area contributed by atoms with Crippen LogP contribution in [-0.2, 0) is 9.53 Å². The van der Waals surface area contributed by atoms with Crippen molar-refractivity contribution in [2.24, 2.45) is 4.99 Å². The van der Waals surface area contributed by atoms with Gasteiger partial charge in [0, 0.05) is 16.8 Å². The zero-order valence-electron chi connectivity index (χ0n) is 12.9. The summed E-state index contributed by atoms with van der Waals surface area (Å²) in [6.45, 7) is 1.80. The number of aliphatic hydroxyl groups is 1. The second kappa shape index (κ2) is 8.26. The Morgan fingerprint density at radius 3 is 2.62 bits per heavy atom. The number of esters is 1. The molecule has 0 spiro atoms. The zero-order chi connectivity index (χ0) is 17.5. The van der Waals surface area contributed by atoms with Crippen LogP contribution in [0, 0.1) is 5.82 Å². The van der Waals surface area contributed by atoms with Crippen molar-refractivity contribution >= 4 is 35.2 Å². The maximum atomic E-state index is 12.9. The molecule has 0 aliphatic carbocycles. The van der Waals surface area contributed by atoms with Gasteiger partial charge in [0.1, 0.15) is 17.1 Å². The van der Waals surface area contributed by atoms with Crippen LogP contribution in [-0.4, -0.2) is 23.9 Å². The Bertz CT molecular complexity index is 785. The first-order chi connectivity index (χ1) is 11.5. The molecule has 0 heterocycles. The van der Waals surface area contributed by atoms with Crippen molar-refractivity contribution in [3.05, 3.63) is 70.5 Å². The zero-order valence-corrected chi connectivity index (χ0v) is 13.6. The molecule has 0 bridgehead atoms. The maximum absolute atomic E-state index is 12.9. The van der Waals surface area contributed by atoms with Gasteiger partial charge in [0.05, 0.1) is 12.3 Å². The number of nitrogens with zero attached hydrogens (tertiary/aromatic N) is 1. The minimum atomic E-state index is -0.721. The molecular weight excluding hydrogens is 333 g/mol. The Kier molecular flexibility index (Phi) is 6.09. The average molecular weight is 348 g/mol. The number of halogens is 2. The van der Waals surface area contributed by atoms with Gasteiger partial charge in [-0.05, 0) is 43.3 Å². The highest BCUT2D eigenvalue weighted by molar-refractivity contribution is 6.30. The van der Waals surface area contributed by atoms with Crippen LogP contribution in [0.15, 0.2) is 59.1 Å².